The molecule has 0 spiro atoms. The molecule has 1 atom stereocenters. The maximum absolute atomic E-state index is 13.6. The topological polar surface area (TPSA) is 75.0 Å². The number of halogens is 7. The van der Waals surface area contributed by atoms with Gasteiger partial charge in [-0.05, 0) is 29.3 Å². The highest BCUT2D eigenvalue weighted by Crippen LogP contribution is 2.49. The molecular weight excluding hydrogens is 540 g/mol. The average molecular weight is 558 g/mol. The van der Waals surface area contributed by atoms with Crippen LogP contribution < -0.4 is 9.75 Å². The third-order valence-corrected chi connectivity index (χ3v) is 6.40. The molecule has 0 bridgehead atoms. The minimum Gasteiger partial charge on any atom is -0.480 e. The van der Waals surface area contributed by atoms with Crippen molar-refractivity contribution in [2.75, 3.05) is 12.1 Å². The fourth-order valence-corrected chi connectivity index (χ4v) is 4.34. The molecule has 0 radical (unpaired) electrons. The molecular formula is C25H18ClF6N3O3. The SMILES string of the molecule is COc1ncc(-c2ccc(C3CC(C(O)(C(F)(F)F)C(F)(F)F)=NN3c3ccccc3Cl)cc2)cc1C=O. The van der Waals surface area contributed by atoms with E-state index < -0.39 is 36.1 Å². The first-order valence-electron chi connectivity index (χ1n) is 10.9. The van der Waals surface area contributed by atoms with Gasteiger partial charge in [-0.2, -0.15) is 31.4 Å². The number of aldehydes is 1. The van der Waals surface area contributed by atoms with E-state index in [9.17, 15) is 36.2 Å². The zero-order valence-corrected chi connectivity index (χ0v) is 20.1. The van der Waals surface area contributed by atoms with E-state index in [1.54, 1.807) is 12.1 Å². The second-order valence-electron chi connectivity index (χ2n) is 8.33. The van der Waals surface area contributed by atoms with Crippen LogP contribution in [-0.2, 0) is 0 Å². The summed E-state index contributed by atoms with van der Waals surface area (Å²) in [5, 5.41) is 14.6. The minimum absolute atomic E-state index is 0.0346. The normalized spacial score (nSPS) is 16.4. The minimum atomic E-state index is -6.08. The standard InChI is InChI=1S/C25H18ClF6N3O3/c1-38-22-17(13-36)10-16(12-33-22)14-6-8-15(9-7-14)20-11-21(23(37,24(27,28)29)25(30,31)32)34-35(20)19-5-3-2-4-18(19)26/h2-10,12-13,20,37H,11H2,1H3. The number of hydrazone groups is 1. The molecule has 3 aromatic rings. The summed E-state index contributed by atoms with van der Waals surface area (Å²) in [4.78, 5) is 15.4. The Morgan fingerprint density at radius 3 is 2.21 bits per heavy atom. The molecule has 0 fully saturated rings. The van der Waals surface area contributed by atoms with Gasteiger partial charge < -0.3 is 9.84 Å². The van der Waals surface area contributed by atoms with E-state index in [1.165, 1.54) is 55.8 Å². The predicted molar refractivity (Wildman–Crippen MR) is 127 cm³/mol. The van der Waals surface area contributed by atoms with Gasteiger partial charge in [0.25, 0.3) is 5.60 Å². The van der Waals surface area contributed by atoms with Gasteiger partial charge in [-0.15, -0.1) is 0 Å². The Morgan fingerprint density at radius 2 is 1.66 bits per heavy atom. The average Bonchev–Trinajstić information content (AvgIpc) is 3.32. The third-order valence-electron chi connectivity index (χ3n) is 6.08. The number of hydrogen-bond acceptors (Lipinski definition) is 6. The first-order chi connectivity index (χ1) is 17.8. The zero-order valence-electron chi connectivity index (χ0n) is 19.4. The summed E-state index contributed by atoms with van der Waals surface area (Å²) in [6, 6.07) is 12.3. The summed E-state index contributed by atoms with van der Waals surface area (Å²) in [6.07, 6.45) is -11.0. The molecule has 2 aromatic carbocycles. The lowest BCUT2D eigenvalue weighted by Gasteiger charge is -2.32. The molecule has 200 valence electrons. The Balaban J connectivity index is 1.77. The van der Waals surface area contributed by atoms with Crippen LogP contribution in [0.25, 0.3) is 11.1 Å². The van der Waals surface area contributed by atoms with Gasteiger partial charge in [-0.3, -0.25) is 9.80 Å². The molecule has 1 N–H and O–H groups in total. The van der Waals surface area contributed by atoms with E-state index in [-0.39, 0.29) is 22.2 Å². The monoisotopic (exact) mass is 557 g/mol. The Labute approximate surface area is 217 Å². The number of benzene rings is 2. The van der Waals surface area contributed by atoms with Gasteiger partial charge in [0.2, 0.25) is 5.88 Å². The lowest BCUT2D eigenvalue weighted by Crippen LogP contribution is -2.62. The van der Waals surface area contributed by atoms with Crippen LogP contribution in [0.5, 0.6) is 5.88 Å². The highest BCUT2D eigenvalue weighted by atomic mass is 35.5. The van der Waals surface area contributed by atoms with E-state index in [2.05, 4.69) is 10.1 Å². The largest absolute Gasteiger partial charge is 0.480 e. The molecule has 0 aliphatic carbocycles. The number of alkyl halides is 6. The Bertz CT molecular complexity index is 1360. The number of hydrogen-bond donors (Lipinski definition) is 1. The van der Waals surface area contributed by atoms with Crippen molar-refractivity contribution in [3.63, 3.8) is 0 Å². The molecule has 2 heterocycles. The third kappa shape index (κ3) is 4.69. The molecule has 38 heavy (non-hydrogen) atoms. The van der Waals surface area contributed by atoms with E-state index in [4.69, 9.17) is 16.3 Å². The molecule has 1 aliphatic heterocycles. The molecule has 1 aliphatic rings. The maximum atomic E-state index is 13.6. The maximum Gasteiger partial charge on any atom is 0.431 e. The van der Waals surface area contributed by atoms with Gasteiger partial charge in [0.05, 0.1) is 35.1 Å². The second-order valence-corrected chi connectivity index (χ2v) is 8.74. The summed E-state index contributed by atoms with van der Waals surface area (Å²) in [7, 11) is 1.35. The fraction of sp³-hybridized carbons (Fsp3) is 0.240. The molecule has 0 saturated heterocycles. The van der Waals surface area contributed by atoms with Gasteiger partial charge in [0, 0.05) is 18.2 Å². The van der Waals surface area contributed by atoms with Gasteiger partial charge >= 0.3 is 12.4 Å². The van der Waals surface area contributed by atoms with Crippen LogP contribution >= 0.6 is 11.6 Å². The first-order valence-corrected chi connectivity index (χ1v) is 11.3. The number of carbonyl (C=O) groups is 1. The summed E-state index contributed by atoms with van der Waals surface area (Å²) < 4.78 is 86.7. The predicted octanol–water partition coefficient (Wildman–Crippen LogP) is 6.39. The van der Waals surface area contributed by atoms with Gasteiger partial charge in [0.1, 0.15) is 0 Å². The summed E-state index contributed by atoms with van der Waals surface area (Å²) in [6.45, 7) is 0. The molecule has 4 rings (SSSR count). The summed E-state index contributed by atoms with van der Waals surface area (Å²) in [5.41, 5.74) is -5.04. The van der Waals surface area contributed by atoms with Crippen molar-refractivity contribution in [3.05, 3.63) is 76.9 Å². The highest BCUT2D eigenvalue weighted by molar-refractivity contribution is 6.33. The van der Waals surface area contributed by atoms with Crippen molar-refractivity contribution in [2.45, 2.75) is 30.4 Å². The van der Waals surface area contributed by atoms with Crippen molar-refractivity contribution in [2.24, 2.45) is 5.10 Å². The Hall–Kier alpha value is -3.64. The fourth-order valence-electron chi connectivity index (χ4n) is 4.12. The number of carbonyl (C=O) groups excluding carboxylic acids is 1. The van der Waals surface area contributed by atoms with Crippen molar-refractivity contribution < 1.29 is 41.0 Å². The van der Waals surface area contributed by atoms with Crippen molar-refractivity contribution in [1.82, 2.24) is 4.98 Å². The lowest BCUT2D eigenvalue weighted by molar-refractivity contribution is -0.338. The van der Waals surface area contributed by atoms with Gasteiger partial charge in [-0.25, -0.2) is 4.98 Å². The first kappa shape index (κ1) is 27.4. The van der Waals surface area contributed by atoms with Crippen molar-refractivity contribution in [3.8, 4) is 17.0 Å². The quantitative estimate of drug-likeness (QED) is 0.281. The zero-order chi connectivity index (χ0) is 27.9. The van der Waals surface area contributed by atoms with Crippen LogP contribution in [0.1, 0.15) is 28.4 Å². The highest BCUT2D eigenvalue weighted by Gasteiger charge is 2.74. The number of aliphatic hydroxyl groups is 1. The van der Waals surface area contributed by atoms with Gasteiger partial charge in [0.15, 0.2) is 6.29 Å². The summed E-state index contributed by atoms with van der Waals surface area (Å²) >= 11 is 6.19. The van der Waals surface area contributed by atoms with Crippen molar-refractivity contribution in [1.29, 1.82) is 0 Å². The molecule has 6 nitrogen and oxygen atoms in total. The number of methoxy groups -OCH3 is 1. The lowest BCUT2D eigenvalue weighted by atomic mass is 9.89. The number of pyridine rings is 1. The number of para-hydroxylation sites is 1. The number of aromatic nitrogens is 1. The van der Waals surface area contributed by atoms with E-state index >= 15 is 0 Å². The number of rotatable bonds is 6. The number of ether oxygens (including phenoxy) is 1. The molecule has 1 unspecified atom stereocenters. The Kier molecular flexibility index (Phi) is 7.15. The van der Waals surface area contributed by atoms with Crippen LogP contribution in [0.4, 0.5) is 32.0 Å². The van der Waals surface area contributed by atoms with Crippen LogP contribution in [-0.4, -0.2) is 47.2 Å². The summed E-state index contributed by atoms with van der Waals surface area (Å²) in [5.74, 6) is 0.119. The Morgan fingerprint density at radius 1 is 1.03 bits per heavy atom. The van der Waals surface area contributed by atoms with Crippen LogP contribution in [0, 0.1) is 0 Å². The second kappa shape index (κ2) is 9.91. The number of nitrogens with zero attached hydrogens (tertiary/aromatic N) is 3. The molecule has 1 aromatic heterocycles. The molecule has 13 heteroatoms. The van der Waals surface area contributed by atoms with Gasteiger partial charge in [-0.1, -0.05) is 48.0 Å². The number of anilines is 1. The molecule has 0 amide bonds. The smallest absolute Gasteiger partial charge is 0.431 e. The van der Waals surface area contributed by atoms with Crippen molar-refractivity contribution >= 4 is 29.3 Å². The van der Waals surface area contributed by atoms with E-state index in [0.29, 0.717) is 23.0 Å². The molecule has 0 saturated carbocycles. The van der Waals surface area contributed by atoms with Crippen LogP contribution in [0.15, 0.2) is 65.9 Å². The van der Waals surface area contributed by atoms with E-state index in [0.717, 1.165) is 5.01 Å². The van der Waals surface area contributed by atoms with Crippen LogP contribution in [0.3, 0.4) is 0 Å². The van der Waals surface area contributed by atoms with E-state index in [1.807, 2.05) is 0 Å². The van der Waals surface area contributed by atoms with Crippen LogP contribution in [0.2, 0.25) is 5.02 Å².